The number of hydrogen-bond donors (Lipinski definition) is 1. The standard InChI is InChI=1S/C13H19NO3/c1-10-8-13(16-6-3-7-17-13)9-11(14-10)12-4-2-5-15-12/h2,4-5,10-11,14H,3,6-9H2,1H3/t10-,11-/m1/s1. The lowest BCUT2D eigenvalue weighted by atomic mass is 9.91. The van der Waals surface area contributed by atoms with Gasteiger partial charge in [-0.15, -0.1) is 0 Å². The second kappa shape index (κ2) is 4.44. The third-order valence-corrected chi connectivity index (χ3v) is 3.52. The minimum Gasteiger partial charge on any atom is -0.468 e. The van der Waals surface area contributed by atoms with E-state index in [0.717, 1.165) is 38.2 Å². The lowest BCUT2D eigenvalue weighted by molar-refractivity contribution is -0.286. The van der Waals surface area contributed by atoms with Gasteiger partial charge in [0.25, 0.3) is 0 Å². The zero-order valence-corrected chi connectivity index (χ0v) is 10.1. The average Bonchev–Trinajstić information content (AvgIpc) is 2.82. The molecule has 1 spiro atoms. The van der Waals surface area contributed by atoms with Gasteiger partial charge in [-0.1, -0.05) is 0 Å². The SMILES string of the molecule is C[C@@H]1CC2(C[C@H](c3ccco3)N1)OCCCO2. The van der Waals surface area contributed by atoms with Crippen molar-refractivity contribution >= 4 is 0 Å². The van der Waals surface area contributed by atoms with Gasteiger partial charge in [0.15, 0.2) is 5.79 Å². The molecule has 0 aromatic carbocycles. The molecule has 0 aliphatic carbocycles. The van der Waals surface area contributed by atoms with Crippen molar-refractivity contribution in [3.05, 3.63) is 24.2 Å². The van der Waals surface area contributed by atoms with Gasteiger partial charge in [0.1, 0.15) is 5.76 Å². The molecule has 3 rings (SSSR count). The molecule has 2 fully saturated rings. The normalized spacial score (nSPS) is 32.8. The van der Waals surface area contributed by atoms with E-state index in [2.05, 4.69) is 12.2 Å². The lowest BCUT2D eigenvalue weighted by Gasteiger charge is -2.45. The van der Waals surface area contributed by atoms with Crippen LogP contribution < -0.4 is 5.32 Å². The lowest BCUT2D eigenvalue weighted by Crippen LogP contribution is -2.53. The molecule has 2 aliphatic rings. The number of hydrogen-bond acceptors (Lipinski definition) is 4. The van der Waals surface area contributed by atoms with Crippen molar-refractivity contribution < 1.29 is 13.9 Å². The average molecular weight is 237 g/mol. The molecular weight excluding hydrogens is 218 g/mol. The summed E-state index contributed by atoms with van der Waals surface area (Å²) in [7, 11) is 0. The molecule has 0 radical (unpaired) electrons. The van der Waals surface area contributed by atoms with E-state index in [-0.39, 0.29) is 6.04 Å². The molecule has 17 heavy (non-hydrogen) atoms. The molecule has 0 amide bonds. The monoisotopic (exact) mass is 237 g/mol. The summed E-state index contributed by atoms with van der Waals surface area (Å²) in [6, 6.07) is 4.49. The van der Waals surface area contributed by atoms with E-state index in [1.54, 1.807) is 6.26 Å². The number of nitrogens with one attached hydrogen (secondary N) is 1. The Morgan fingerprint density at radius 3 is 2.82 bits per heavy atom. The summed E-state index contributed by atoms with van der Waals surface area (Å²) in [6.45, 7) is 3.77. The molecule has 2 atom stereocenters. The van der Waals surface area contributed by atoms with Crippen LogP contribution in [-0.4, -0.2) is 25.0 Å². The number of furan rings is 1. The van der Waals surface area contributed by atoms with Gasteiger partial charge in [0, 0.05) is 18.9 Å². The quantitative estimate of drug-likeness (QED) is 0.813. The smallest absolute Gasteiger partial charge is 0.171 e. The first-order valence-electron chi connectivity index (χ1n) is 6.35. The van der Waals surface area contributed by atoms with Crippen LogP contribution in [0.15, 0.2) is 22.8 Å². The van der Waals surface area contributed by atoms with Gasteiger partial charge < -0.3 is 19.2 Å². The Labute approximate surface area is 101 Å². The van der Waals surface area contributed by atoms with Gasteiger partial charge in [-0.2, -0.15) is 0 Å². The maximum atomic E-state index is 5.90. The van der Waals surface area contributed by atoms with Crippen molar-refractivity contribution in [1.29, 1.82) is 0 Å². The van der Waals surface area contributed by atoms with Crippen LogP contribution in [-0.2, 0) is 9.47 Å². The van der Waals surface area contributed by atoms with E-state index < -0.39 is 5.79 Å². The summed E-state index contributed by atoms with van der Waals surface area (Å²) >= 11 is 0. The highest BCUT2D eigenvalue weighted by molar-refractivity contribution is 5.08. The molecule has 1 aromatic rings. The van der Waals surface area contributed by atoms with Crippen LogP contribution in [0.25, 0.3) is 0 Å². The summed E-state index contributed by atoms with van der Waals surface area (Å²) in [5, 5.41) is 3.54. The fourth-order valence-corrected chi connectivity index (χ4v) is 2.85. The summed E-state index contributed by atoms with van der Waals surface area (Å²) < 4.78 is 17.3. The second-order valence-corrected chi connectivity index (χ2v) is 5.01. The number of piperidine rings is 1. The fourth-order valence-electron chi connectivity index (χ4n) is 2.85. The van der Waals surface area contributed by atoms with Gasteiger partial charge in [-0.05, 0) is 25.5 Å². The van der Waals surface area contributed by atoms with Gasteiger partial charge in [-0.3, -0.25) is 0 Å². The number of ether oxygens (including phenoxy) is 2. The molecule has 2 saturated heterocycles. The topological polar surface area (TPSA) is 43.6 Å². The highest BCUT2D eigenvalue weighted by atomic mass is 16.7. The summed E-state index contributed by atoms with van der Waals surface area (Å²) in [6.07, 6.45) is 4.44. The van der Waals surface area contributed by atoms with Crippen molar-refractivity contribution in [3.63, 3.8) is 0 Å². The van der Waals surface area contributed by atoms with E-state index in [1.807, 2.05) is 12.1 Å². The van der Waals surface area contributed by atoms with Crippen molar-refractivity contribution in [2.75, 3.05) is 13.2 Å². The molecule has 2 aliphatic heterocycles. The third-order valence-electron chi connectivity index (χ3n) is 3.52. The molecule has 4 nitrogen and oxygen atoms in total. The van der Waals surface area contributed by atoms with Gasteiger partial charge in [0.2, 0.25) is 0 Å². The Hall–Kier alpha value is -0.840. The van der Waals surface area contributed by atoms with Gasteiger partial charge in [-0.25, -0.2) is 0 Å². The second-order valence-electron chi connectivity index (χ2n) is 5.01. The molecular formula is C13H19NO3. The van der Waals surface area contributed by atoms with Crippen LogP contribution in [0.2, 0.25) is 0 Å². The highest BCUT2D eigenvalue weighted by Gasteiger charge is 2.43. The van der Waals surface area contributed by atoms with Crippen LogP contribution in [0, 0.1) is 0 Å². The molecule has 1 aromatic heterocycles. The highest BCUT2D eigenvalue weighted by Crippen LogP contribution is 2.38. The van der Waals surface area contributed by atoms with Gasteiger partial charge in [0.05, 0.1) is 25.5 Å². The Morgan fingerprint density at radius 2 is 2.12 bits per heavy atom. The zero-order chi connectivity index (χ0) is 11.7. The van der Waals surface area contributed by atoms with E-state index in [9.17, 15) is 0 Å². The van der Waals surface area contributed by atoms with E-state index in [1.165, 1.54) is 0 Å². The Bertz CT molecular complexity index is 357. The largest absolute Gasteiger partial charge is 0.468 e. The Balaban J connectivity index is 1.79. The first-order valence-corrected chi connectivity index (χ1v) is 6.35. The van der Waals surface area contributed by atoms with Crippen molar-refractivity contribution in [3.8, 4) is 0 Å². The minimum absolute atomic E-state index is 0.187. The minimum atomic E-state index is -0.402. The first kappa shape index (κ1) is 11.3. The van der Waals surface area contributed by atoms with Crippen LogP contribution in [0.3, 0.4) is 0 Å². The summed E-state index contributed by atoms with van der Waals surface area (Å²) in [5.74, 6) is 0.564. The fraction of sp³-hybridized carbons (Fsp3) is 0.692. The van der Waals surface area contributed by atoms with Crippen LogP contribution in [0.4, 0.5) is 0 Å². The molecule has 3 heterocycles. The van der Waals surface area contributed by atoms with E-state index in [4.69, 9.17) is 13.9 Å². The third kappa shape index (κ3) is 2.25. The van der Waals surface area contributed by atoms with Crippen molar-refractivity contribution in [2.45, 2.75) is 44.1 Å². The van der Waals surface area contributed by atoms with Gasteiger partial charge >= 0.3 is 0 Å². The predicted octanol–water partition coefficient (Wildman–Crippen LogP) is 2.23. The maximum absolute atomic E-state index is 5.90. The molecule has 4 heteroatoms. The summed E-state index contributed by atoms with van der Waals surface area (Å²) in [5.41, 5.74) is 0. The predicted molar refractivity (Wildman–Crippen MR) is 62.5 cm³/mol. The van der Waals surface area contributed by atoms with Crippen molar-refractivity contribution in [2.24, 2.45) is 0 Å². The van der Waals surface area contributed by atoms with E-state index >= 15 is 0 Å². The van der Waals surface area contributed by atoms with E-state index in [0.29, 0.717) is 6.04 Å². The summed E-state index contributed by atoms with van der Waals surface area (Å²) in [4.78, 5) is 0. The molecule has 94 valence electrons. The Kier molecular flexibility index (Phi) is 2.94. The molecule has 1 N–H and O–H groups in total. The van der Waals surface area contributed by atoms with Crippen LogP contribution in [0.5, 0.6) is 0 Å². The Morgan fingerprint density at radius 1 is 1.29 bits per heavy atom. The van der Waals surface area contributed by atoms with Crippen LogP contribution >= 0.6 is 0 Å². The molecule has 0 unspecified atom stereocenters. The molecule has 0 saturated carbocycles. The first-order chi connectivity index (χ1) is 8.27. The van der Waals surface area contributed by atoms with Crippen LogP contribution in [0.1, 0.15) is 38.0 Å². The maximum Gasteiger partial charge on any atom is 0.171 e. The van der Waals surface area contributed by atoms with Crippen molar-refractivity contribution in [1.82, 2.24) is 5.32 Å². The zero-order valence-electron chi connectivity index (χ0n) is 10.1. The molecule has 0 bridgehead atoms. The number of rotatable bonds is 1.